The Morgan fingerprint density at radius 2 is 1.83 bits per heavy atom. The fraction of sp³-hybridized carbons (Fsp3) is 0.857. The number of likely N-dealkylation sites (tertiary alicyclic amines) is 1. The third-order valence-corrected chi connectivity index (χ3v) is 7.50. The van der Waals surface area contributed by atoms with Crippen molar-refractivity contribution in [3.63, 3.8) is 0 Å². The van der Waals surface area contributed by atoms with Crippen LogP contribution in [0.1, 0.15) is 45.4 Å². The Bertz CT molecular complexity index is 689. The molecule has 3 aliphatic heterocycles. The number of piperazine rings is 1. The van der Waals surface area contributed by atoms with E-state index in [9.17, 15) is 0 Å². The van der Waals surface area contributed by atoms with Crippen LogP contribution in [-0.2, 0) is 11.2 Å². The summed E-state index contributed by atoms with van der Waals surface area (Å²) in [5.74, 6) is 2.02. The highest BCUT2D eigenvalue weighted by atomic mass is 32.1. The van der Waals surface area contributed by atoms with Crippen molar-refractivity contribution in [2.24, 2.45) is 4.99 Å². The molecule has 30 heavy (non-hydrogen) atoms. The predicted octanol–water partition coefficient (Wildman–Crippen LogP) is 1.83. The normalized spacial score (nSPS) is 23.2. The Morgan fingerprint density at radius 1 is 1.10 bits per heavy atom. The first-order chi connectivity index (χ1) is 14.7. The maximum absolute atomic E-state index is 5.70. The topological polar surface area (TPSA) is 69.1 Å². The van der Waals surface area contributed by atoms with Crippen LogP contribution in [-0.4, -0.2) is 96.2 Å². The largest absolute Gasteiger partial charge is 0.381 e. The van der Waals surface area contributed by atoms with E-state index in [2.05, 4.69) is 43.2 Å². The van der Waals surface area contributed by atoms with E-state index in [1.54, 1.807) is 0 Å². The van der Waals surface area contributed by atoms with Crippen molar-refractivity contribution in [3.8, 4) is 0 Å². The van der Waals surface area contributed by atoms with Gasteiger partial charge in [-0.15, -0.1) is 0 Å². The van der Waals surface area contributed by atoms with Gasteiger partial charge in [0.2, 0.25) is 5.13 Å². The third-order valence-electron chi connectivity index (χ3n) is 6.68. The molecule has 0 aliphatic carbocycles. The molecule has 1 aromatic heterocycles. The Labute approximate surface area is 184 Å². The van der Waals surface area contributed by atoms with Crippen molar-refractivity contribution in [2.75, 3.05) is 70.5 Å². The minimum atomic E-state index is 0.181. The molecule has 0 radical (unpaired) electrons. The van der Waals surface area contributed by atoms with Gasteiger partial charge in [-0.05, 0) is 45.7 Å². The first-order valence-electron chi connectivity index (χ1n) is 11.7. The summed E-state index contributed by atoms with van der Waals surface area (Å²) in [6.45, 7) is 14.1. The SMILES string of the molecule is CCNC(=NCC1(N2CCCC2)CCOCC1)N1CCN(c2nc(CC)ns2)CC1. The first kappa shape index (κ1) is 21.8. The van der Waals surface area contributed by atoms with Crippen molar-refractivity contribution >= 4 is 22.6 Å². The van der Waals surface area contributed by atoms with Gasteiger partial charge in [-0.3, -0.25) is 9.89 Å². The first-order valence-corrected chi connectivity index (χ1v) is 12.4. The quantitative estimate of drug-likeness (QED) is 0.540. The lowest BCUT2D eigenvalue weighted by Gasteiger charge is -2.44. The Kier molecular flexibility index (Phi) is 7.43. The van der Waals surface area contributed by atoms with E-state index < -0.39 is 0 Å². The lowest BCUT2D eigenvalue weighted by Crippen LogP contribution is -2.55. The molecule has 168 valence electrons. The zero-order chi connectivity index (χ0) is 20.8. The fourth-order valence-electron chi connectivity index (χ4n) is 4.79. The summed E-state index contributed by atoms with van der Waals surface area (Å²) in [5, 5.41) is 4.61. The van der Waals surface area contributed by atoms with Crippen molar-refractivity contribution in [3.05, 3.63) is 5.82 Å². The average molecular weight is 436 g/mol. The molecule has 0 unspecified atom stereocenters. The van der Waals surface area contributed by atoms with E-state index in [0.29, 0.717) is 0 Å². The van der Waals surface area contributed by atoms with Gasteiger partial charge in [-0.2, -0.15) is 4.37 Å². The number of rotatable bonds is 6. The lowest BCUT2D eigenvalue weighted by atomic mass is 9.88. The predicted molar refractivity (Wildman–Crippen MR) is 123 cm³/mol. The number of aliphatic imine (C=N–C) groups is 1. The van der Waals surface area contributed by atoms with Crippen LogP contribution in [0.3, 0.4) is 0 Å². The van der Waals surface area contributed by atoms with Gasteiger partial charge in [-0.25, -0.2) is 4.98 Å². The minimum Gasteiger partial charge on any atom is -0.381 e. The molecule has 0 bridgehead atoms. The molecular weight excluding hydrogens is 398 g/mol. The highest BCUT2D eigenvalue weighted by Gasteiger charge is 2.39. The summed E-state index contributed by atoms with van der Waals surface area (Å²) >= 11 is 1.53. The van der Waals surface area contributed by atoms with Crippen LogP contribution < -0.4 is 10.2 Å². The fourth-order valence-corrected chi connectivity index (χ4v) is 5.59. The maximum atomic E-state index is 5.70. The summed E-state index contributed by atoms with van der Waals surface area (Å²) in [4.78, 5) is 17.3. The van der Waals surface area contributed by atoms with Crippen molar-refractivity contribution < 1.29 is 4.74 Å². The number of anilines is 1. The van der Waals surface area contributed by atoms with Gasteiger partial charge in [-0.1, -0.05) is 6.92 Å². The zero-order valence-corrected chi connectivity index (χ0v) is 19.4. The number of guanidine groups is 1. The van der Waals surface area contributed by atoms with Crippen LogP contribution >= 0.6 is 11.5 Å². The van der Waals surface area contributed by atoms with Crippen LogP contribution in [0.4, 0.5) is 5.13 Å². The number of aryl methyl sites for hydroxylation is 1. The van der Waals surface area contributed by atoms with E-state index in [4.69, 9.17) is 9.73 Å². The summed E-state index contributed by atoms with van der Waals surface area (Å²) in [6, 6.07) is 0. The molecule has 0 atom stereocenters. The van der Waals surface area contributed by atoms with Crippen LogP contribution in [0.5, 0.6) is 0 Å². The van der Waals surface area contributed by atoms with Gasteiger partial charge in [0.15, 0.2) is 5.96 Å². The zero-order valence-electron chi connectivity index (χ0n) is 18.6. The summed E-state index contributed by atoms with van der Waals surface area (Å²) < 4.78 is 10.1. The molecule has 3 fully saturated rings. The summed E-state index contributed by atoms with van der Waals surface area (Å²) in [5.41, 5.74) is 0.181. The summed E-state index contributed by atoms with van der Waals surface area (Å²) in [6.07, 6.45) is 5.73. The molecule has 0 saturated carbocycles. The van der Waals surface area contributed by atoms with E-state index in [1.165, 1.54) is 37.5 Å². The van der Waals surface area contributed by atoms with Gasteiger partial charge in [0.25, 0.3) is 0 Å². The van der Waals surface area contributed by atoms with Gasteiger partial charge in [0.05, 0.1) is 6.54 Å². The molecule has 0 aromatic carbocycles. The van der Waals surface area contributed by atoms with E-state index in [1.807, 2.05) is 0 Å². The molecular formula is C21H37N7OS. The van der Waals surface area contributed by atoms with E-state index in [-0.39, 0.29) is 5.54 Å². The monoisotopic (exact) mass is 435 g/mol. The summed E-state index contributed by atoms with van der Waals surface area (Å²) in [7, 11) is 0. The van der Waals surface area contributed by atoms with Gasteiger partial charge < -0.3 is 19.9 Å². The standard InChI is InChI=1S/C21H37N7OS/c1-3-18-24-20(30-25-18)27-13-11-26(12-14-27)19(22-4-2)23-17-21(7-15-29-16-8-21)28-9-5-6-10-28/h3-17H2,1-2H3,(H,22,23). The number of aromatic nitrogens is 2. The molecule has 8 nitrogen and oxygen atoms in total. The van der Waals surface area contributed by atoms with Crippen LogP contribution in [0.15, 0.2) is 4.99 Å². The van der Waals surface area contributed by atoms with Gasteiger partial charge in [0.1, 0.15) is 5.82 Å². The Balaban J connectivity index is 1.40. The second kappa shape index (κ2) is 10.2. The molecule has 9 heteroatoms. The number of ether oxygens (including phenoxy) is 1. The maximum Gasteiger partial charge on any atom is 0.205 e. The highest BCUT2D eigenvalue weighted by molar-refractivity contribution is 7.09. The van der Waals surface area contributed by atoms with Crippen molar-refractivity contribution in [2.45, 2.75) is 51.5 Å². The smallest absolute Gasteiger partial charge is 0.205 e. The van der Waals surface area contributed by atoms with Crippen LogP contribution in [0.2, 0.25) is 0 Å². The molecule has 1 aromatic rings. The van der Waals surface area contributed by atoms with Gasteiger partial charge >= 0.3 is 0 Å². The lowest BCUT2D eigenvalue weighted by molar-refractivity contribution is -0.0139. The molecule has 3 saturated heterocycles. The molecule has 0 amide bonds. The second-order valence-corrected chi connectivity index (χ2v) is 9.25. The molecule has 1 N–H and O–H groups in total. The van der Waals surface area contributed by atoms with Gasteiger partial charge in [0, 0.05) is 69.4 Å². The Hall–Kier alpha value is -1.45. The second-order valence-electron chi connectivity index (χ2n) is 8.52. The van der Waals surface area contributed by atoms with E-state index >= 15 is 0 Å². The van der Waals surface area contributed by atoms with Crippen LogP contribution in [0.25, 0.3) is 0 Å². The molecule has 4 heterocycles. The minimum absolute atomic E-state index is 0.181. The molecule has 3 aliphatic rings. The van der Waals surface area contributed by atoms with E-state index in [0.717, 1.165) is 88.7 Å². The molecule has 4 rings (SSSR count). The highest BCUT2D eigenvalue weighted by Crippen LogP contribution is 2.31. The number of nitrogens with one attached hydrogen (secondary N) is 1. The third kappa shape index (κ3) is 4.89. The van der Waals surface area contributed by atoms with Crippen molar-refractivity contribution in [1.29, 1.82) is 0 Å². The number of nitrogens with zero attached hydrogens (tertiary/aromatic N) is 6. The Morgan fingerprint density at radius 3 is 2.47 bits per heavy atom. The number of hydrogen-bond donors (Lipinski definition) is 1. The van der Waals surface area contributed by atoms with Crippen LogP contribution in [0, 0.1) is 0 Å². The van der Waals surface area contributed by atoms with Crippen molar-refractivity contribution in [1.82, 2.24) is 24.5 Å². The average Bonchev–Trinajstić information content (AvgIpc) is 3.50. The number of hydrogen-bond acceptors (Lipinski definition) is 7. The molecule has 0 spiro atoms.